The van der Waals surface area contributed by atoms with E-state index in [1.807, 2.05) is 0 Å². The molecule has 4 nitrogen and oxygen atoms in total. The molecule has 106 valence electrons. The molecule has 0 radical (unpaired) electrons. The van der Waals surface area contributed by atoms with Crippen LogP contribution in [0.1, 0.15) is 18.4 Å². The molecule has 0 unspecified atom stereocenters. The molecule has 1 aromatic carbocycles. The van der Waals surface area contributed by atoms with Gasteiger partial charge in [-0.3, -0.25) is 0 Å². The second kappa shape index (κ2) is 6.21. The van der Waals surface area contributed by atoms with E-state index in [-0.39, 0.29) is 17.5 Å². The maximum atomic E-state index is 13.7. The Morgan fingerprint density at radius 3 is 2.68 bits per heavy atom. The molecule has 7 heteroatoms. The molecule has 1 aliphatic rings. The summed E-state index contributed by atoms with van der Waals surface area (Å²) < 4.78 is 40.7. The van der Waals surface area contributed by atoms with E-state index >= 15 is 0 Å². The number of thioether (sulfide) groups is 1. The van der Waals surface area contributed by atoms with Crippen molar-refractivity contribution in [1.29, 1.82) is 0 Å². The van der Waals surface area contributed by atoms with Crippen molar-refractivity contribution in [3.05, 3.63) is 29.6 Å². The third-order valence-corrected chi connectivity index (χ3v) is 5.65. The first kappa shape index (κ1) is 14.8. The lowest BCUT2D eigenvalue weighted by Gasteiger charge is -2.22. The number of nitrogens with two attached hydrogens (primary N) is 1. The van der Waals surface area contributed by atoms with Crippen LogP contribution in [-0.2, 0) is 16.6 Å². The largest absolute Gasteiger partial charge is 0.326 e. The van der Waals surface area contributed by atoms with Crippen LogP contribution in [0.2, 0.25) is 0 Å². The van der Waals surface area contributed by atoms with Crippen LogP contribution >= 0.6 is 11.8 Å². The quantitative estimate of drug-likeness (QED) is 0.883. The third-order valence-electron chi connectivity index (χ3n) is 3.06. The molecule has 0 spiro atoms. The van der Waals surface area contributed by atoms with Gasteiger partial charge in [0.1, 0.15) is 10.7 Å². The number of halogens is 1. The molecular formula is C12H17FN2O2S2. The van der Waals surface area contributed by atoms with Crippen molar-refractivity contribution in [2.45, 2.75) is 30.3 Å². The number of benzene rings is 1. The van der Waals surface area contributed by atoms with Crippen molar-refractivity contribution >= 4 is 21.8 Å². The van der Waals surface area contributed by atoms with Crippen molar-refractivity contribution in [3.63, 3.8) is 0 Å². The van der Waals surface area contributed by atoms with Gasteiger partial charge < -0.3 is 5.73 Å². The van der Waals surface area contributed by atoms with E-state index < -0.39 is 15.8 Å². The molecule has 0 amide bonds. The Morgan fingerprint density at radius 2 is 2.05 bits per heavy atom. The molecule has 1 aromatic rings. The van der Waals surface area contributed by atoms with Crippen LogP contribution in [0.25, 0.3) is 0 Å². The summed E-state index contributed by atoms with van der Waals surface area (Å²) in [5.74, 6) is 1.12. The molecule has 0 aromatic heterocycles. The van der Waals surface area contributed by atoms with Gasteiger partial charge in [-0.15, -0.1) is 0 Å². The highest BCUT2D eigenvalue weighted by atomic mass is 32.2. The van der Waals surface area contributed by atoms with Crippen molar-refractivity contribution in [2.24, 2.45) is 5.73 Å². The normalized spacial score (nSPS) is 17.6. The van der Waals surface area contributed by atoms with Crippen LogP contribution in [0.3, 0.4) is 0 Å². The minimum Gasteiger partial charge on any atom is -0.326 e. The maximum Gasteiger partial charge on any atom is 0.243 e. The molecule has 19 heavy (non-hydrogen) atoms. The zero-order chi connectivity index (χ0) is 13.9. The Kier molecular flexibility index (Phi) is 4.83. The minimum absolute atomic E-state index is 0.104. The van der Waals surface area contributed by atoms with E-state index in [2.05, 4.69) is 4.72 Å². The summed E-state index contributed by atoms with van der Waals surface area (Å²) in [5, 5.41) is 0. The van der Waals surface area contributed by atoms with Crippen molar-refractivity contribution in [2.75, 3.05) is 11.5 Å². The van der Waals surface area contributed by atoms with E-state index in [0.29, 0.717) is 5.56 Å². The summed E-state index contributed by atoms with van der Waals surface area (Å²) in [5.41, 5.74) is 6.05. The van der Waals surface area contributed by atoms with Gasteiger partial charge in [0.25, 0.3) is 0 Å². The van der Waals surface area contributed by atoms with Crippen molar-refractivity contribution in [1.82, 2.24) is 4.72 Å². The lowest BCUT2D eigenvalue weighted by molar-refractivity contribution is 0.519. The van der Waals surface area contributed by atoms with Gasteiger partial charge >= 0.3 is 0 Å². The lowest BCUT2D eigenvalue weighted by atomic mass is 10.2. The van der Waals surface area contributed by atoms with Gasteiger partial charge in [0, 0.05) is 12.6 Å². The predicted molar refractivity (Wildman–Crippen MR) is 75.0 cm³/mol. The number of hydrogen-bond acceptors (Lipinski definition) is 4. The van der Waals surface area contributed by atoms with Gasteiger partial charge in [-0.05, 0) is 42.0 Å². The second-order valence-electron chi connectivity index (χ2n) is 4.48. The summed E-state index contributed by atoms with van der Waals surface area (Å²) in [4.78, 5) is -0.311. The highest BCUT2D eigenvalue weighted by molar-refractivity contribution is 7.99. The highest BCUT2D eigenvalue weighted by Gasteiger charge is 2.24. The standard InChI is InChI=1S/C12H17FN2O2S2/c13-11-2-1-9(8-14)7-12(11)19(16,17)15-10-3-5-18-6-4-10/h1-2,7,10,15H,3-6,8,14H2. The Morgan fingerprint density at radius 1 is 1.37 bits per heavy atom. The van der Waals surface area contributed by atoms with Crippen molar-refractivity contribution < 1.29 is 12.8 Å². The number of rotatable bonds is 4. The van der Waals surface area contributed by atoms with Gasteiger partial charge in [0.2, 0.25) is 10.0 Å². The Hall–Kier alpha value is -0.630. The molecule has 0 aliphatic carbocycles. The molecule has 0 bridgehead atoms. The van der Waals surface area contributed by atoms with Crippen LogP contribution in [0.15, 0.2) is 23.1 Å². The van der Waals surface area contributed by atoms with Crippen LogP contribution in [0.4, 0.5) is 4.39 Å². The number of nitrogens with one attached hydrogen (secondary N) is 1. The minimum atomic E-state index is -3.81. The predicted octanol–water partition coefficient (Wildman–Crippen LogP) is 1.46. The Labute approximate surface area is 117 Å². The van der Waals surface area contributed by atoms with E-state index in [0.717, 1.165) is 30.4 Å². The first-order valence-electron chi connectivity index (χ1n) is 6.11. The molecule has 1 heterocycles. The number of sulfonamides is 1. The summed E-state index contributed by atoms with van der Waals surface area (Å²) in [6.07, 6.45) is 1.56. The fourth-order valence-electron chi connectivity index (χ4n) is 1.98. The molecule has 1 saturated heterocycles. The smallest absolute Gasteiger partial charge is 0.243 e. The van der Waals surface area contributed by atoms with Crippen molar-refractivity contribution in [3.8, 4) is 0 Å². The van der Waals surface area contributed by atoms with E-state index in [1.165, 1.54) is 12.1 Å². The van der Waals surface area contributed by atoms with Crippen LogP contribution in [0, 0.1) is 5.82 Å². The van der Waals surface area contributed by atoms with E-state index in [9.17, 15) is 12.8 Å². The highest BCUT2D eigenvalue weighted by Crippen LogP contribution is 2.21. The van der Waals surface area contributed by atoms with Gasteiger partial charge in [-0.1, -0.05) is 6.07 Å². The van der Waals surface area contributed by atoms with E-state index in [1.54, 1.807) is 11.8 Å². The van der Waals surface area contributed by atoms with Gasteiger partial charge in [0.05, 0.1) is 0 Å². The molecule has 1 fully saturated rings. The molecular weight excluding hydrogens is 287 g/mol. The molecule has 0 atom stereocenters. The Bertz CT molecular complexity index is 543. The third kappa shape index (κ3) is 3.68. The van der Waals surface area contributed by atoms with Gasteiger partial charge in [0.15, 0.2) is 0 Å². The lowest BCUT2D eigenvalue weighted by Crippen LogP contribution is -2.37. The topological polar surface area (TPSA) is 72.2 Å². The summed E-state index contributed by atoms with van der Waals surface area (Å²) in [7, 11) is -3.81. The zero-order valence-corrected chi connectivity index (χ0v) is 12.1. The molecule has 3 N–H and O–H groups in total. The van der Waals surface area contributed by atoms with E-state index in [4.69, 9.17) is 5.73 Å². The fourth-order valence-corrected chi connectivity index (χ4v) is 4.52. The summed E-state index contributed by atoms with van der Waals surface area (Å²) in [6, 6.07) is 3.83. The van der Waals surface area contributed by atoms with Crippen LogP contribution in [-0.4, -0.2) is 26.0 Å². The molecule has 2 rings (SSSR count). The first-order chi connectivity index (χ1) is 9.03. The monoisotopic (exact) mass is 304 g/mol. The first-order valence-corrected chi connectivity index (χ1v) is 8.75. The summed E-state index contributed by atoms with van der Waals surface area (Å²) in [6.45, 7) is 0.183. The van der Waals surface area contributed by atoms with Gasteiger partial charge in [-0.25, -0.2) is 17.5 Å². The molecule has 0 saturated carbocycles. The SMILES string of the molecule is NCc1ccc(F)c(S(=O)(=O)NC2CCSCC2)c1. The maximum absolute atomic E-state index is 13.7. The van der Waals surface area contributed by atoms with Crippen LogP contribution in [0.5, 0.6) is 0 Å². The zero-order valence-electron chi connectivity index (χ0n) is 10.4. The van der Waals surface area contributed by atoms with Crippen LogP contribution < -0.4 is 10.5 Å². The number of hydrogen-bond donors (Lipinski definition) is 2. The molecule has 1 aliphatic heterocycles. The average Bonchev–Trinajstić information content (AvgIpc) is 2.39. The average molecular weight is 304 g/mol. The summed E-state index contributed by atoms with van der Waals surface area (Å²) >= 11 is 1.80. The Balaban J connectivity index is 2.23. The van der Waals surface area contributed by atoms with Gasteiger partial charge in [-0.2, -0.15) is 11.8 Å². The second-order valence-corrected chi connectivity index (χ2v) is 7.38. The fraction of sp³-hybridized carbons (Fsp3) is 0.500.